The van der Waals surface area contributed by atoms with Crippen molar-refractivity contribution in [1.82, 2.24) is 10.1 Å². The van der Waals surface area contributed by atoms with Gasteiger partial charge in [-0.1, -0.05) is 17.3 Å². The predicted octanol–water partition coefficient (Wildman–Crippen LogP) is 3.40. The first kappa shape index (κ1) is 15.8. The molecule has 4 aromatic rings. The average molecular weight is 347 g/mol. The molecule has 26 heavy (non-hydrogen) atoms. The van der Waals surface area contributed by atoms with Crippen molar-refractivity contribution in [3.8, 4) is 11.5 Å². The van der Waals surface area contributed by atoms with Crippen molar-refractivity contribution in [2.45, 2.75) is 6.92 Å². The Morgan fingerprint density at radius 2 is 1.85 bits per heavy atom. The molecule has 7 nitrogen and oxygen atoms in total. The van der Waals surface area contributed by atoms with E-state index in [1.165, 1.54) is 6.07 Å². The van der Waals surface area contributed by atoms with Crippen LogP contribution >= 0.6 is 0 Å². The van der Waals surface area contributed by atoms with Gasteiger partial charge in [-0.3, -0.25) is 9.59 Å². The maximum atomic E-state index is 12.4. The second-order valence-electron chi connectivity index (χ2n) is 5.65. The number of aryl methyl sites for hydroxylation is 1. The lowest BCUT2D eigenvalue weighted by molar-refractivity contribution is 0.0997. The largest absolute Gasteiger partial charge is 0.451 e. The molecular weight excluding hydrogens is 334 g/mol. The fourth-order valence-electron chi connectivity index (χ4n) is 2.52. The molecule has 0 aliphatic rings. The van der Waals surface area contributed by atoms with Crippen LogP contribution in [-0.4, -0.2) is 16.0 Å². The van der Waals surface area contributed by atoms with Crippen LogP contribution in [0.5, 0.6) is 0 Å². The topological polar surface area (TPSA) is 98.2 Å². The molecule has 2 aromatic heterocycles. The van der Waals surface area contributed by atoms with Crippen LogP contribution in [0.1, 0.15) is 16.4 Å². The highest BCUT2D eigenvalue weighted by atomic mass is 16.5. The first-order chi connectivity index (χ1) is 12.6. The molecule has 0 radical (unpaired) electrons. The molecule has 4 rings (SSSR count). The number of amides is 1. The van der Waals surface area contributed by atoms with Crippen LogP contribution in [0, 0.1) is 6.92 Å². The molecule has 0 unspecified atom stereocenters. The molecule has 0 saturated carbocycles. The molecule has 1 amide bonds. The molecule has 0 aliphatic carbocycles. The van der Waals surface area contributed by atoms with E-state index in [2.05, 4.69) is 15.5 Å². The molecule has 0 atom stereocenters. The van der Waals surface area contributed by atoms with Gasteiger partial charge in [-0.05, 0) is 43.3 Å². The monoisotopic (exact) mass is 347 g/mol. The molecule has 128 valence electrons. The van der Waals surface area contributed by atoms with Crippen molar-refractivity contribution < 1.29 is 13.7 Å². The third kappa shape index (κ3) is 2.98. The van der Waals surface area contributed by atoms with Gasteiger partial charge in [0.05, 0.1) is 5.39 Å². The number of nitrogens with zero attached hydrogens (tertiary/aromatic N) is 2. The number of carbonyl (C=O) groups is 1. The molecule has 0 saturated heterocycles. The number of rotatable bonds is 3. The number of hydrogen-bond acceptors (Lipinski definition) is 6. The summed E-state index contributed by atoms with van der Waals surface area (Å²) in [6.45, 7) is 1.74. The predicted molar refractivity (Wildman–Crippen MR) is 94.9 cm³/mol. The highest BCUT2D eigenvalue weighted by molar-refractivity contribution is 6.03. The Labute approximate surface area is 147 Å². The summed E-state index contributed by atoms with van der Waals surface area (Å²) in [7, 11) is 0. The number of carbonyl (C=O) groups excluding carboxylic acids is 1. The molecule has 7 heteroatoms. The quantitative estimate of drug-likeness (QED) is 0.610. The van der Waals surface area contributed by atoms with Gasteiger partial charge in [-0.15, -0.1) is 0 Å². The van der Waals surface area contributed by atoms with Gasteiger partial charge in [0.15, 0.2) is 17.0 Å². The van der Waals surface area contributed by atoms with Gasteiger partial charge < -0.3 is 14.3 Å². The van der Waals surface area contributed by atoms with E-state index in [4.69, 9.17) is 8.94 Å². The van der Waals surface area contributed by atoms with Gasteiger partial charge in [-0.2, -0.15) is 4.98 Å². The minimum atomic E-state index is -0.505. The normalized spacial score (nSPS) is 10.8. The zero-order chi connectivity index (χ0) is 18.1. The van der Waals surface area contributed by atoms with Crippen LogP contribution < -0.4 is 10.7 Å². The Hall–Kier alpha value is -3.74. The van der Waals surface area contributed by atoms with E-state index in [1.807, 2.05) is 0 Å². The third-order valence-electron chi connectivity index (χ3n) is 3.78. The lowest BCUT2D eigenvalue weighted by atomic mass is 10.2. The minimum absolute atomic E-state index is 0.0506. The lowest BCUT2D eigenvalue weighted by Crippen LogP contribution is -2.14. The first-order valence-electron chi connectivity index (χ1n) is 7.85. The number of aromatic nitrogens is 2. The number of fused-ring (bicyclic) bond motifs is 1. The molecule has 2 aromatic carbocycles. The molecule has 0 spiro atoms. The summed E-state index contributed by atoms with van der Waals surface area (Å²) in [4.78, 5) is 28.6. The molecular formula is C19H13N3O4. The highest BCUT2D eigenvalue weighted by Gasteiger charge is 2.13. The summed E-state index contributed by atoms with van der Waals surface area (Å²) in [5, 5.41) is 6.87. The SMILES string of the molecule is Cc1noc(-c2ccc(NC(=O)c3cc(=O)c4ccccc4o3)cc2)n1. The molecule has 1 N–H and O–H groups in total. The van der Waals surface area contributed by atoms with E-state index in [-0.39, 0.29) is 11.2 Å². The molecule has 0 aliphatic heterocycles. The smallest absolute Gasteiger partial charge is 0.291 e. The molecule has 2 heterocycles. The second-order valence-corrected chi connectivity index (χ2v) is 5.65. The van der Waals surface area contributed by atoms with Gasteiger partial charge in [0, 0.05) is 17.3 Å². The van der Waals surface area contributed by atoms with E-state index in [0.29, 0.717) is 28.4 Å². The Morgan fingerprint density at radius 3 is 2.58 bits per heavy atom. The Kier molecular flexibility index (Phi) is 3.81. The van der Waals surface area contributed by atoms with E-state index in [1.54, 1.807) is 55.5 Å². The maximum Gasteiger partial charge on any atom is 0.291 e. The van der Waals surface area contributed by atoms with Crippen LogP contribution in [0.2, 0.25) is 0 Å². The number of anilines is 1. The standard InChI is InChI=1S/C19H13N3O4/c1-11-20-19(26-22-11)12-6-8-13(9-7-12)21-18(24)17-10-15(23)14-4-2-3-5-16(14)25-17/h2-10H,1H3,(H,21,24). The van der Waals surface area contributed by atoms with Crippen molar-refractivity contribution in [1.29, 1.82) is 0 Å². The summed E-state index contributed by atoms with van der Waals surface area (Å²) in [5.41, 5.74) is 1.39. The van der Waals surface area contributed by atoms with E-state index < -0.39 is 5.91 Å². The Balaban J connectivity index is 1.57. The van der Waals surface area contributed by atoms with Crippen molar-refractivity contribution in [3.05, 3.63) is 76.4 Å². The maximum absolute atomic E-state index is 12.4. The number of nitrogens with one attached hydrogen (secondary N) is 1. The van der Waals surface area contributed by atoms with Gasteiger partial charge >= 0.3 is 0 Å². The fraction of sp³-hybridized carbons (Fsp3) is 0.0526. The highest BCUT2D eigenvalue weighted by Crippen LogP contribution is 2.20. The van der Waals surface area contributed by atoms with E-state index in [9.17, 15) is 9.59 Å². The van der Waals surface area contributed by atoms with Crippen LogP contribution in [-0.2, 0) is 0 Å². The van der Waals surface area contributed by atoms with E-state index >= 15 is 0 Å². The summed E-state index contributed by atoms with van der Waals surface area (Å²) < 4.78 is 10.6. The number of hydrogen-bond donors (Lipinski definition) is 1. The van der Waals surface area contributed by atoms with Gasteiger partial charge in [0.1, 0.15) is 5.58 Å². The Bertz CT molecular complexity index is 1160. The molecule has 0 bridgehead atoms. The molecule has 0 fully saturated rings. The zero-order valence-corrected chi connectivity index (χ0v) is 13.7. The van der Waals surface area contributed by atoms with Crippen molar-refractivity contribution in [3.63, 3.8) is 0 Å². The van der Waals surface area contributed by atoms with Gasteiger partial charge in [0.25, 0.3) is 11.8 Å². The average Bonchev–Trinajstić information content (AvgIpc) is 3.09. The van der Waals surface area contributed by atoms with Crippen LogP contribution in [0.3, 0.4) is 0 Å². The van der Waals surface area contributed by atoms with Crippen LogP contribution in [0.25, 0.3) is 22.4 Å². The van der Waals surface area contributed by atoms with E-state index in [0.717, 1.165) is 5.56 Å². The summed E-state index contributed by atoms with van der Waals surface area (Å²) in [6, 6.07) is 14.9. The van der Waals surface area contributed by atoms with Gasteiger partial charge in [0.2, 0.25) is 0 Å². The summed E-state index contributed by atoms with van der Waals surface area (Å²) >= 11 is 0. The summed E-state index contributed by atoms with van der Waals surface area (Å²) in [5.74, 6) is 0.393. The number of para-hydroxylation sites is 1. The van der Waals surface area contributed by atoms with Crippen molar-refractivity contribution in [2.75, 3.05) is 5.32 Å². The summed E-state index contributed by atoms with van der Waals surface area (Å²) in [6.07, 6.45) is 0. The van der Waals surface area contributed by atoms with Crippen molar-refractivity contribution >= 4 is 22.6 Å². The fourth-order valence-corrected chi connectivity index (χ4v) is 2.52. The first-order valence-corrected chi connectivity index (χ1v) is 7.85. The zero-order valence-electron chi connectivity index (χ0n) is 13.7. The van der Waals surface area contributed by atoms with Crippen LogP contribution in [0.15, 0.2) is 68.3 Å². The van der Waals surface area contributed by atoms with Crippen molar-refractivity contribution in [2.24, 2.45) is 0 Å². The third-order valence-corrected chi connectivity index (χ3v) is 3.78. The number of benzene rings is 2. The minimum Gasteiger partial charge on any atom is -0.451 e. The Morgan fingerprint density at radius 1 is 1.08 bits per heavy atom. The van der Waals surface area contributed by atoms with Crippen LogP contribution in [0.4, 0.5) is 5.69 Å². The second kappa shape index (κ2) is 6.29. The van der Waals surface area contributed by atoms with Gasteiger partial charge in [-0.25, -0.2) is 0 Å². The lowest BCUT2D eigenvalue weighted by Gasteiger charge is -2.06.